The third-order valence-electron chi connectivity index (χ3n) is 4.17. The Balaban J connectivity index is 1.57. The van der Waals surface area contributed by atoms with Gasteiger partial charge in [-0.2, -0.15) is 0 Å². The number of hydrogen-bond donors (Lipinski definition) is 0. The molecular formula is C18H18F3N3O2. The van der Waals surface area contributed by atoms with Crippen LogP contribution in [0.3, 0.4) is 0 Å². The molecule has 2 heterocycles. The van der Waals surface area contributed by atoms with Crippen LogP contribution < -0.4 is 14.5 Å². The van der Waals surface area contributed by atoms with Gasteiger partial charge >= 0.3 is 6.36 Å². The number of aromatic nitrogens is 1. The zero-order valence-corrected chi connectivity index (χ0v) is 13.9. The molecule has 0 unspecified atom stereocenters. The lowest BCUT2D eigenvalue weighted by Gasteiger charge is -2.36. The van der Waals surface area contributed by atoms with Gasteiger partial charge in [-0.05, 0) is 35.9 Å². The van der Waals surface area contributed by atoms with E-state index in [-0.39, 0.29) is 5.75 Å². The first kappa shape index (κ1) is 18.0. The molecule has 0 aliphatic carbocycles. The van der Waals surface area contributed by atoms with Crippen molar-refractivity contribution < 1.29 is 22.7 Å². The number of pyridine rings is 1. The van der Waals surface area contributed by atoms with Gasteiger partial charge in [0.15, 0.2) is 0 Å². The lowest BCUT2D eigenvalue weighted by atomic mass is 10.2. The molecule has 1 aliphatic heterocycles. The van der Waals surface area contributed by atoms with E-state index in [1.54, 1.807) is 18.3 Å². The normalized spacial score (nSPS) is 15.0. The predicted octanol–water partition coefficient (Wildman–Crippen LogP) is 3.05. The molecule has 0 amide bonds. The van der Waals surface area contributed by atoms with Crippen molar-refractivity contribution in [1.82, 2.24) is 4.98 Å². The van der Waals surface area contributed by atoms with Crippen LogP contribution in [0.1, 0.15) is 5.56 Å². The summed E-state index contributed by atoms with van der Waals surface area (Å²) in [7, 11) is 0. The molecule has 1 aromatic heterocycles. The average Bonchev–Trinajstić information content (AvgIpc) is 2.62. The molecule has 0 saturated carbocycles. The average molecular weight is 365 g/mol. The summed E-state index contributed by atoms with van der Waals surface area (Å²) in [6, 6.07) is 9.69. The second-order valence-electron chi connectivity index (χ2n) is 5.91. The summed E-state index contributed by atoms with van der Waals surface area (Å²) < 4.78 is 40.5. The Bertz CT molecular complexity index is 725. The highest BCUT2D eigenvalue weighted by molar-refractivity contribution is 5.55. The maximum atomic E-state index is 12.2. The Hall–Kier alpha value is -2.77. The van der Waals surface area contributed by atoms with Gasteiger partial charge in [0.25, 0.3) is 0 Å². The van der Waals surface area contributed by atoms with Crippen LogP contribution in [0.2, 0.25) is 0 Å². The molecule has 0 spiro atoms. The highest BCUT2D eigenvalue weighted by Crippen LogP contribution is 2.26. The second-order valence-corrected chi connectivity index (χ2v) is 5.91. The van der Waals surface area contributed by atoms with Crippen LogP contribution >= 0.6 is 0 Å². The number of nitrogens with zero attached hydrogens (tertiary/aromatic N) is 3. The number of anilines is 2. The maximum Gasteiger partial charge on any atom is 0.573 e. The van der Waals surface area contributed by atoms with E-state index >= 15 is 0 Å². The third kappa shape index (κ3) is 4.65. The highest BCUT2D eigenvalue weighted by Gasteiger charge is 2.31. The summed E-state index contributed by atoms with van der Waals surface area (Å²) >= 11 is 0. The van der Waals surface area contributed by atoms with Crippen LogP contribution in [-0.2, 0) is 11.2 Å². The first-order valence-electron chi connectivity index (χ1n) is 8.19. The second kappa shape index (κ2) is 7.63. The Morgan fingerprint density at radius 2 is 1.65 bits per heavy atom. The molecule has 8 heteroatoms. The molecule has 1 saturated heterocycles. The Morgan fingerprint density at radius 3 is 2.19 bits per heavy atom. The van der Waals surface area contributed by atoms with Crippen molar-refractivity contribution in [3.8, 4) is 5.75 Å². The monoisotopic (exact) mass is 365 g/mol. The zero-order chi connectivity index (χ0) is 18.6. The molecule has 1 aliphatic rings. The minimum absolute atomic E-state index is 0.223. The molecule has 3 rings (SSSR count). The van der Waals surface area contributed by atoms with Gasteiger partial charge in [0, 0.05) is 44.5 Å². The molecule has 1 aromatic carbocycles. The molecule has 1 fully saturated rings. The van der Waals surface area contributed by atoms with Gasteiger partial charge in [0.1, 0.15) is 17.9 Å². The highest BCUT2D eigenvalue weighted by atomic mass is 19.4. The van der Waals surface area contributed by atoms with E-state index in [1.165, 1.54) is 12.1 Å². The van der Waals surface area contributed by atoms with Gasteiger partial charge in [0.2, 0.25) is 0 Å². The van der Waals surface area contributed by atoms with E-state index in [0.717, 1.165) is 49.5 Å². The Kier molecular flexibility index (Phi) is 5.29. The first-order chi connectivity index (χ1) is 12.4. The summed E-state index contributed by atoms with van der Waals surface area (Å²) in [5.41, 5.74) is 1.73. The number of benzene rings is 1. The fourth-order valence-corrected chi connectivity index (χ4v) is 2.87. The lowest BCUT2D eigenvalue weighted by molar-refractivity contribution is -0.274. The molecule has 138 valence electrons. The number of carbonyl (C=O) groups is 1. The van der Waals surface area contributed by atoms with Gasteiger partial charge in [-0.3, -0.25) is 0 Å². The summed E-state index contributed by atoms with van der Waals surface area (Å²) in [5, 5.41) is 0. The molecule has 2 aromatic rings. The van der Waals surface area contributed by atoms with Crippen molar-refractivity contribution in [3.05, 3.63) is 48.2 Å². The third-order valence-corrected chi connectivity index (χ3v) is 4.17. The van der Waals surface area contributed by atoms with Gasteiger partial charge < -0.3 is 19.3 Å². The summed E-state index contributed by atoms with van der Waals surface area (Å²) in [5.74, 6) is 0.632. The number of carbonyl (C=O) groups excluding carboxylic acids is 1. The molecule has 0 atom stereocenters. The van der Waals surface area contributed by atoms with E-state index in [9.17, 15) is 18.0 Å². The van der Waals surface area contributed by atoms with E-state index in [2.05, 4.69) is 19.5 Å². The smallest absolute Gasteiger partial charge is 0.406 e. The molecule has 0 bridgehead atoms. The molecule has 26 heavy (non-hydrogen) atoms. The molecule has 5 nitrogen and oxygen atoms in total. The van der Waals surface area contributed by atoms with Gasteiger partial charge in [-0.15, -0.1) is 13.2 Å². The van der Waals surface area contributed by atoms with Crippen LogP contribution in [0.25, 0.3) is 0 Å². The fourth-order valence-electron chi connectivity index (χ4n) is 2.87. The SMILES string of the molecule is O=CCc1ccc(N2CCN(c3ccc(OC(F)(F)F)cc3)CC2)nc1. The van der Waals surface area contributed by atoms with E-state index < -0.39 is 6.36 Å². The van der Waals surface area contributed by atoms with Crippen molar-refractivity contribution >= 4 is 17.8 Å². The largest absolute Gasteiger partial charge is 0.573 e. The topological polar surface area (TPSA) is 45.7 Å². The van der Waals surface area contributed by atoms with E-state index in [0.29, 0.717) is 6.42 Å². The van der Waals surface area contributed by atoms with Crippen LogP contribution in [0.15, 0.2) is 42.6 Å². The Morgan fingerprint density at radius 1 is 1.00 bits per heavy atom. The van der Waals surface area contributed by atoms with Crippen LogP contribution in [-0.4, -0.2) is 43.8 Å². The summed E-state index contributed by atoms with van der Waals surface area (Å²) in [6.45, 7) is 2.97. The van der Waals surface area contributed by atoms with Crippen molar-refractivity contribution in [2.45, 2.75) is 12.8 Å². The number of alkyl halides is 3. The van der Waals surface area contributed by atoms with Gasteiger partial charge in [-0.25, -0.2) is 4.98 Å². The molecule has 0 N–H and O–H groups in total. The molecule has 0 radical (unpaired) electrons. The number of piperazine rings is 1. The zero-order valence-electron chi connectivity index (χ0n) is 13.9. The van der Waals surface area contributed by atoms with Gasteiger partial charge in [-0.1, -0.05) is 6.07 Å². The Labute approximate surface area is 149 Å². The van der Waals surface area contributed by atoms with E-state index in [1.807, 2.05) is 12.1 Å². The van der Waals surface area contributed by atoms with Crippen LogP contribution in [0.5, 0.6) is 5.75 Å². The maximum absolute atomic E-state index is 12.2. The van der Waals surface area contributed by atoms with Crippen molar-refractivity contribution in [3.63, 3.8) is 0 Å². The summed E-state index contributed by atoms with van der Waals surface area (Å²) in [4.78, 5) is 19.2. The minimum Gasteiger partial charge on any atom is -0.406 e. The van der Waals surface area contributed by atoms with Crippen LogP contribution in [0.4, 0.5) is 24.7 Å². The van der Waals surface area contributed by atoms with E-state index in [4.69, 9.17) is 0 Å². The number of ether oxygens (including phenoxy) is 1. The quantitative estimate of drug-likeness (QED) is 0.762. The van der Waals surface area contributed by atoms with Crippen molar-refractivity contribution in [2.75, 3.05) is 36.0 Å². The number of aldehydes is 1. The lowest BCUT2D eigenvalue weighted by Crippen LogP contribution is -2.46. The standard InChI is InChI=1S/C18H18F3N3O2/c19-18(20,21)26-16-4-2-15(3-5-16)23-8-10-24(11-9-23)17-6-1-14(7-12-25)13-22-17/h1-6,12-13H,7-11H2. The first-order valence-corrected chi connectivity index (χ1v) is 8.19. The van der Waals surface area contributed by atoms with Gasteiger partial charge in [0.05, 0.1) is 0 Å². The number of rotatable bonds is 5. The molecular weight excluding hydrogens is 347 g/mol. The van der Waals surface area contributed by atoms with Crippen molar-refractivity contribution in [1.29, 1.82) is 0 Å². The van der Waals surface area contributed by atoms with Crippen molar-refractivity contribution in [2.24, 2.45) is 0 Å². The van der Waals surface area contributed by atoms with Crippen LogP contribution in [0, 0.1) is 0 Å². The summed E-state index contributed by atoms with van der Waals surface area (Å²) in [6.07, 6.45) is -1.77. The minimum atomic E-state index is -4.68. The number of hydrogen-bond acceptors (Lipinski definition) is 5. The predicted molar refractivity (Wildman–Crippen MR) is 91.6 cm³/mol. The number of halogens is 3. The fraction of sp³-hybridized carbons (Fsp3) is 0.333.